The molecule has 0 atom stereocenters. The third-order valence-corrected chi connectivity index (χ3v) is 2.74. The molecule has 17 heavy (non-hydrogen) atoms. The van der Waals surface area contributed by atoms with Crippen molar-refractivity contribution in [2.75, 3.05) is 20.6 Å². The lowest BCUT2D eigenvalue weighted by molar-refractivity contribution is 0.300. The Morgan fingerprint density at radius 3 is 2.65 bits per heavy atom. The Bertz CT molecular complexity index is 323. The lowest BCUT2D eigenvalue weighted by Gasteiger charge is -2.17. The fourth-order valence-electron chi connectivity index (χ4n) is 1.73. The summed E-state index contributed by atoms with van der Waals surface area (Å²) in [6, 6.07) is 6.25. The van der Waals surface area contributed by atoms with E-state index in [2.05, 4.69) is 54.3 Å². The first-order valence-corrected chi connectivity index (χ1v) is 6.39. The maximum atomic E-state index is 4.63. The van der Waals surface area contributed by atoms with Crippen molar-refractivity contribution in [1.82, 2.24) is 15.2 Å². The van der Waals surface area contributed by atoms with Gasteiger partial charge in [0.25, 0.3) is 0 Å². The zero-order valence-electron chi connectivity index (χ0n) is 11.5. The Morgan fingerprint density at radius 1 is 1.29 bits per heavy atom. The van der Waals surface area contributed by atoms with Crippen molar-refractivity contribution >= 4 is 0 Å². The first-order valence-electron chi connectivity index (χ1n) is 6.39. The van der Waals surface area contributed by atoms with Crippen LogP contribution in [0, 0.1) is 5.92 Å². The van der Waals surface area contributed by atoms with E-state index < -0.39 is 0 Å². The highest BCUT2D eigenvalue weighted by Crippen LogP contribution is 2.05. The fraction of sp³-hybridized carbons (Fsp3) is 0.643. The normalized spacial score (nSPS) is 11.4. The largest absolute Gasteiger partial charge is 0.314 e. The molecule has 0 unspecified atom stereocenters. The molecule has 1 rings (SSSR count). The molecule has 3 heteroatoms. The third-order valence-electron chi connectivity index (χ3n) is 2.74. The molecule has 0 aliphatic rings. The van der Waals surface area contributed by atoms with E-state index in [0.29, 0.717) is 0 Å². The van der Waals surface area contributed by atoms with E-state index in [1.807, 2.05) is 7.05 Å². The molecule has 0 aliphatic carbocycles. The van der Waals surface area contributed by atoms with Gasteiger partial charge in [0.1, 0.15) is 0 Å². The van der Waals surface area contributed by atoms with Gasteiger partial charge in [0, 0.05) is 13.1 Å². The van der Waals surface area contributed by atoms with Crippen molar-refractivity contribution in [2.45, 2.75) is 33.4 Å². The fourth-order valence-corrected chi connectivity index (χ4v) is 1.73. The Hall–Kier alpha value is -0.930. The van der Waals surface area contributed by atoms with E-state index in [-0.39, 0.29) is 0 Å². The first kappa shape index (κ1) is 14.1. The van der Waals surface area contributed by atoms with Crippen LogP contribution in [0.1, 0.15) is 31.7 Å². The summed E-state index contributed by atoms with van der Waals surface area (Å²) in [5.74, 6) is 0.765. The van der Waals surface area contributed by atoms with E-state index in [1.54, 1.807) is 0 Å². The van der Waals surface area contributed by atoms with Crippen LogP contribution in [-0.2, 0) is 13.1 Å². The topological polar surface area (TPSA) is 28.2 Å². The summed E-state index contributed by atoms with van der Waals surface area (Å²) < 4.78 is 0. The van der Waals surface area contributed by atoms with Crippen LogP contribution in [0.5, 0.6) is 0 Å². The van der Waals surface area contributed by atoms with Gasteiger partial charge in [0.2, 0.25) is 0 Å². The molecular formula is C14H25N3. The molecule has 0 aromatic carbocycles. The van der Waals surface area contributed by atoms with Crippen LogP contribution in [-0.4, -0.2) is 30.5 Å². The second kappa shape index (κ2) is 7.41. The van der Waals surface area contributed by atoms with Crippen LogP contribution in [0.15, 0.2) is 18.2 Å². The predicted octanol–water partition coefficient (Wildman–Crippen LogP) is 2.28. The van der Waals surface area contributed by atoms with Crippen molar-refractivity contribution in [3.8, 4) is 0 Å². The standard InChI is InChI=1S/C14H25N3/c1-12(2)8-9-17(4)11-14-7-5-6-13(16-14)10-15-3/h5-7,12,15H,8-11H2,1-4H3. The van der Waals surface area contributed by atoms with Crippen molar-refractivity contribution in [1.29, 1.82) is 0 Å². The smallest absolute Gasteiger partial charge is 0.0547 e. The SMILES string of the molecule is CNCc1cccc(CN(C)CCC(C)C)n1. The Kier molecular flexibility index (Phi) is 6.16. The minimum atomic E-state index is 0.765. The van der Waals surface area contributed by atoms with E-state index in [4.69, 9.17) is 0 Å². The second-order valence-electron chi connectivity index (χ2n) is 5.07. The molecule has 0 amide bonds. The summed E-state index contributed by atoms with van der Waals surface area (Å²) in [5, 5.41) is 3.13. The molecule has 96 valence electrons. The van der Waals surface area contributed by atoms with Crippen molar-refractivity contribution in [2.24, 2.45) is 5.92 Å². The van der Waals surface area contributed by atoms with Crippen LogP contribution in [0.25, 0.3) is 0 Å². The Balaban J connectivity index is 2.46. The number of pyridine rings is 1. The minimum Gasteiger partial charge on any atom is -0.314 e. The van der Waals surface area contributed by atoms with Gasteiger partial charge in [-0.3, -0.25) is 4.98 Å². The highest BCUT2D eigenvalue weighted by Gasteiger charge is 2.03. The average molecular weight is 235 g/mol. The molecule has 0 radical (unpaired) electrons. The summed E-state index contributed by atoms with van der Waals surface area (Å²) in [7, 11) is 4.11. The van der Waals surface area contributed by atoms with Crippen LogP contribution >= 0.6 is 0 Å². The quantitative estimate of drug-likeness (QED) is 0.786. The van der Waals surface area contributed by atoms with E-state index in [0.717, 1.165) is 36.9 Å². The Morgan fingerprint density at radius 2 is 2.00 bits per heavy atom. The zero-order chi connectivity index (χ0) is 12.7. The summed E-state index contributed by atoms with van der Waals surface area (Å²) in [5.41, 5.74) is 2.27. The van der Waals surface area contributed by atoms with Gasteiger partial charge < -0.3 is 10.2 Å². The van der Waals surface area contributed by atoms with Crippen LogP contribution < -0.4 is 5.32 Å². The van der Waals surface area contributed by atoms with E-state index in [9.17, 15) is 0 Å². The van der Waals surface area contributed by atoms with Crippen LogP contribution in [0.4, 0.5) is 0 Å². The number of nitrogens with one attached hydrogen (secondary N) is 1. The number of aromatic nitrogens is 1. The molecule has 0 aliphatic heterocycles. The van der Waals surface area contributed by atoms with Crippen LogP contribution in [0.3, 0.4) is 0 Å². The molecule has 1 heterocycles. The van der Waals surface area contributed by atoms with Crippen LogP contribution in [0.2, 0.25) is 0 Å². The molecule has 0 saturated carbocycles. The molecule has 0 spiro atoms. The van der Waals surface area contributed by atoms with Gasteiger partial charge in [0.15, 0.2) is 0 Å². The van der Waals surface area contributed by atoms with Gasteiger partial charge in [-0.25, -0.2) is 0 Å². The lowest BCUT2D eigenvalue weighted by atomic mass is 10.1. The molecule has 0 fully saturated rings. The summed E-state index contributed by atoms with van der Waals surface area (Å²) >= 11 is 0. The monoisotopic (exact) mass is 235 g/mol. The average Bonchev–Trinajstić information content (AvgIpc) is 2.27. The maximum absolute atomic E-state index is 4.63. The summed E-state index contributed by atoms with van der Waals surface area (Å²) in [4.78, 5) is 6.96. The van der Waals surface area contributed by atoms with Gasteiger partial charge >= 0.3 is 0 Å². The number of rotatable bonds is 7. The predicted molar refractivity (Wildman–Crippen MR) is 72.8 cm³/mol. The maximum Gasteiger partial charge on any atom is 0.0547 e. The second-order valence-corrected chi connectivity index (χ2v) is 5.07. The number of nitrogens with zero attached hydrogens (tertiary/aromatic N) is 2. The number of hydrogen-bond donors (Lipinski definition) is 1. The summed E-state index contributed by atoms with van der Waals surface area (Å²) in [6.07, 6.45) is 1.24. The Labute approximate surface area is 105 Å². The van der Waals surface area contributed by atoms with E-state index >= 15 is 0 Å². The van der Waals surface area contributed by atoms with Gasteiger partial charge in [-0.1, -0.05) is 19.9 Å². The first-order chi connectivity index (χ1) is 8.11. The van der Waals surface area contributed by atoms with E-state index in [1.165, 1.54) is 6.42 Å². The van der Waals surface area contributed by atoms with Gasteiger partial charge in [-0.2, -0.15) is 0 Å². The molecule has 1 N–H and O–H groups in total. The van der Waals surface area contributed by atoms with Gasteiger partial charge in [-0.05, 0) is 45.1 Å². The lowest BCUT2D eigenvalue weighted by Crippen LogP contribution is -2.21. The van der Waals surface area contributed by atoms with Crippen molar-refractivity contribution in [3.05, 3.63) is 29.6 Å². The molecule has 1 aromatic rings. The molecule has 0 saturated heterocycles. The summed E-state index contributed by atoms with van der Waals surface area (Å²) in [6.45, 7) is 7.43. The molecule has 0 bridgehead atoms. The van der Waals surface area contributed by atoms with Crippen molar-refractivity contribution < 1.29 is 0 Å². The zero-order valence-corrected chi connectivity index (χ0v) is 11.5. The molecule has 1 aromatic heterocycles. The van der Waals surface area contributed by atoms with Gasteiger partial charge in [0.05, 0.1) is 11.4 Å². The number of hydrogen-bond acceptors (Lipinski definition) is 3. The highest BCUT2D eigenvalue weighted by atomic mass is 15.1. The van der Waals surface area contributed by atoms with Gasteiger partial charge in [-0.15, -0.1) is 0 Å². The molecular weight excluding hydrogens is 210 g/mol. The van der Waals surface area contributed by atoms with Crippen molar-refractivity contribution in [3.63, 3.8) is 0 Å². The highest BCUT2D eigenvalue weighted by molar-refractivity contribution is 5.11. The third kappa shape index (κ3) is 5.80. The minimum absolute atomic E-state index is 0.765. The molecule has 3 nitrogen and oxygen atoms in total.